The van der Waals surface area contributed by atoms with E-state index in [1.165, 1.54) is 46.4 Å². The summed E-state index contributed by atoms with van der Waals surface area (Å²) in [6, 6.07) is 15.0. The van der Waals surface area contributed by atoms with Crippen molar-refractivity contribution >= 4 is 80.8 Å². The molecule has 15 nitrogen and oxygen atoms in total. The zero-order chi connectivity index (χ0) is 42.7. The number of methoxy groups -OCH3 is 1. The van der Waals surface area contributed by atoms with Crippen LogP contribution in [-0.2, 0) is 48.4 Å². The lowest BCUT2D eigenvalue weighted by Crippen LogP contribution is -2.62. The SMILES string of the molecule is CO/N=C(\C(=O)C[C@@H]1C(=O)N2C(C(=O)OCc3ccc(OC)cc3)=C(C[n+]3cccc4c3ccn4Cc3cc(C(N)=NC(=O)OC(C)(C)C)cs3)CS[C@H]12)c1csc(C)n1. The van der Waals surface area contributed by atoms with Gasteiger partial charge >= 0.3 is 12.1 Å². The molecule has 1 aromatic carbocycles. The molecule has 2 aliphatic rings. The summed E-state index contributed by atoms with van der Waals surface area (Å²) < 4.78 is 20.5. The molecule has 2 N–H and O–H groups in total. The molecule has 1 fully saturated rings. The van der Waals surface area contributed by atoms with Crippen LogP contribution < -0.4 is 15.0 Å². The van der Waals surface area contributed by atoms with Crippen molar-refractivity contribution in [2.24, 2.45) is 21.8 Å². The Morgan fingerprint density at radius 2 is 1.85 bits per heavy atom. The van der Waals surface area contributed by atoms with Crippen LogP contribution in [0.25, 0.3) is 11.0 Å². The van der Waals surface area contributed by atoms with E-state index in [-0.39, 0.29) is 42.0 Å². The lowest BCUT2D eigenvalue weighted by atomic mass is 9.89. The maximum absolute atomic E-state index is 14.1. The van der Waals surface area contributed by atoms with Crippen molar-refractivity contribution in [3.8, 4) is 5.75 Å². The molecule has 0 aliphatic carbocycles. The van der Waals surface area contributed by atoms with E-state index in [0.29, 0.717) is 41.4 Å². The number of β-lactam (4-membered cyclic amide) rings is 1. The molecule has 0 bridgehead atoms. The van der Waals surface area contributed by atoms with Crippen molar-refractivity contribution in [2.75, 3.05) is 20.0 Å². The second kappa shape index (κ2) is 17.8. The summed E-state index contributed by atoms with van der Waals surface area (Å²) in [5.41, 5.74) is 10.0. The number of esters is 1. The number of pyridine rings is 1. The highest BCUT2D eigenvalue weighted by molar-refractivity contribution is 8.00. The van der Waals surface area contributed by atoms with Gasteiger partial charge in [0.05, 0.1) is 30.0 Å². The first-order valence-corrected chi connectivity index (χ1v) is 21.7. The predicted molar refractivity (Wildman–Crippen MR) is 229 cm³/mol. The van der Waals surface area contributed by atoms with Crippen LogP contribution in [0.15, 0.2) is 93.1 Å². The number of rotatable bonds is 14. The van der Waals surface area contributed by atoms with Gasteiger partial charge in [-0.3, -0.25) is 14.5 Å². The van der Waals surface area contributed by atoms with Crippen molar-refractivity contribution in [1.82, 2.24) is 14.5 Å². The van der Waals surface area contributed by atoms with Crippen LogP contribution >= 0.6 is 34.4 Å². The van der Waals surface area contributed by atoms with E-state index in [9.17, 15) is 19.2 Å². The fourth-order valence-corrected chi connectivity index (χ4v) is 9.75. The monoisotopic (exact) mass is 870 g/mol. The van der Waals surface area contributed by atoms with Gasteiger partial charge in [0.15, 0.2) is 24.2 Å². The number of amides is 2. The quantitative estimate of drug-likeness (QED) is 0.0346. The van der Waals surface area contributed by atoms with Crippen LogP contribution in [0.2, 0.25) is 0 Å². The number of nitrogens with zero attached hydrogens (tertiary/aromatic N) is 6. The number of aliphatic imine (C=N–C) groups is 1. The van der Waals surface area contributed by atoms with E-state index >= 15 is 0 Å². The molecule has 7 rings (SSSR count). The Bertz CT molecular complexity index is 2550. The minimum absolute atomic E-state index is 0.0141. The number of carbonyl (C=O) groups excluding carboxylic acids is 4. The van der Waals surface area contributed by atoms with Crippen LogP contribution in [0.4, 0.5) is 4.79 Å². The van der Waals surface area contributed by atoms with Crippen molar-refractivity contribution in [3.63, 3.8) is 0 Å². The minimum Gasteiger partial charge on any atom is -0.497 e. The lowest BCUT2D eigenvalue weighted by molar-refractivity contribution is -0.663. The number of thioether (sulfide) groups is 1. The van der Waals surface area contributed by atoms with Gasteiger partial charge < -0.3 is 29.3 Å². The number of hydrogen-bond acceptors (Lipinski definition) is 13. The number of Topliss-reactive ketones (excluding diaryl/α,β-unsaturated/α-hetero) is 1. The average molecular weight is 871 g/mol. The molecule has 0 saturated carbocycles. The zero-order valence-electron chi connectivity index (χ0n) is 33.9. The van der Waals surface area contributed by atoms with Crippen molar-refractivity contribution in [1.29, 1.82) is 0 Å². The number of nitrogens with two attached hydrogens (primary N) is 1. The Morgan fingerprint density at radius 3 is 2.55 bits per heavy atom. The number of ketones is 1. The minimum atomic E-state index is -0.748. The van der Waals surface area contributed by atoms with Gasteiger partial charge in [0, 0.05) is 57.3 Å². The van der Waals surface area contributed by atoms with Crippen LogP contribution in [-0.4, -0.2) is 80.7 Å². The number of thiophene rings is 1. The maximum atomic E-state index is 14.1. The first-order chi connectivity index (χ1) is 28.7. The molecule has 0 unspecified atom stereocenters. The molecule has 4 aromatic heterocycles. The first-order valence-electron chi connectivity index (χ1n) is 18.9. The number of aryl methyl sites for hydroxylation is 1. The standard InChI is InChI=1S/C42H43N7O8S3/c1-24-44-31(23-58-24)35(46-55-6)34(50)17-30-38(51)49-36(40(52)56-20-25-9-11-28(54-5)12-10-25)27(22-60-39(30)49)18-47-14-7-8-32-33(47)13-15-48(32)19-29-16-26(21-59-29)37(43)45-41(53)57-42(2,3)4/h7-16,21,23,30,39H,17-20,22H2,1-6H3,(H-,43,45,53)/p+1/b46-35-/t30-,39-/m1/s1. The second-order valence-electron chi connectivity index (χ2n) is 15.0. The van der Waals surface area contributed by atoms with Gasteiger partial charge in [-0.25, -0.2) is 14.6 Å². The number of carbonyl (C=O) groups is 4. The van der Waals surface area contributed by atoms with Gasteiger partial charge in [-0.1, -0.05) is 17.3 Å². The smallest absolute Gasteiger partial charge is 0.436 e. The van der Waals surface area contributed by atoms with E-state index in [4.69, 9.17) is 24.8 Å². The van der Waals surface area contributed by atoms with Gasteiger partial charge in [-0.15, -0.1) is 34.4 Å². The van der Waals surface area contributed by atoms with E-state index in [0.717, 1.165) is 26.5 Å². The number of ether oxygens (including phenoxy) is 3. The van der Waals surface area contributed by atoms with Gasteiger partial charge in [0.25, 0.3) is 0 Å². The zero-order valence-corrected chi connectivity index (χ0v) is 36.3. The van der Waals surface area contributed by atoms with Crippen molar-refractivity contribution < 1.29 is 42.8 Å². The van der Waals surface area contributed by atoms with Gasteiger partial charge in [-0.2, -0.15) is 9.56 Å². The fraction of sp³-hybridized carbons (Fsp3) is 0.333. The number of oxime groups is 1. The molecule has 5 aromatic rings. The lowest BCUT2D eigenvalue weighted by Gasteiger charge is -2.49. The highest BCUT2D eigenvalue weighted by atomic mass is 32.2. The Hall–Kier alpha value is -5.85. The number of fused-ring (bicyclic) bond motifs is 2. The van der Waals surface area contributed by atoms with Gasteiger partial charge in [0.2, 0.25) is 11.4 Å². The molecule has 312 valence electrons. The number of aromatic nitrogens is 3. The summed E-state index contributed by atoms with van der Waals surface area (Å²) in [5, 5.41) is 7.84. The topological polar surface area (TPSA) is 181 Å². The molecular formula is C42H44N7O8S3+. The molecule has 0 radical (unpaired) electrons. The third kappa shape index (κ3) is 9.30. The molecular weight excluding hydrogens is 827 g/mol. The van der Waals surface area contributed by atoms with Crippen molar-refractivity contribution in [2.45, 2.75) is 64.8 Å². The number of thiazole rings is 1. The molecule has 2 aliphatic heterocycles. The third-order valence-electron chi connectivity index (χ3n) is 9.65. The van der Waals surface area contributed by atoms with Crippen LogP contribution in [0.5, 0.6) is 5.75 Å². The van der Waals surface area contributed by atoms with Crippen LogP contribution in [0, 0.1) is 12.8 Å². The third-order valence-corrected chi connectivity index (χ3v) is 12.7. The molecule has 1 saturated heterocycles. The highest BCUT2D eigenvalue weighted by Gasteiger charge is 2.55. The van der Waals surface area contributed by atoms with E-state index in [1.54, 1.807) is 45.4 Å². The summed E-state index contributed by atoms with van der Waals surface area (Å²) in [6.45, 7) is 7.93. The molecule has 6 heterocycles. The van der Waals surface area contributed by atoms with Crippen molar-refractivity contribution in [3.05, 3.63) is 110 Å². The maximum Gasteiger partial charge on any atom is 0.436 e. The summed E-state index contributed by atoms with van der Waals surface area (Å²) in [4.78, 5) is 69.7. The summed E-state index contributed by atoms with van der Waals surface area (Å²) in [5.74, 6) is -0.856. The van der Waals surface area contributed by atoms with Crippen LogP contribution in [0.1, 0.15) is 53.9 Å². The van der Waals surface area contributed by atoms with Crippen LogP contribution in [0.3, 0.4) is 0 Å². The molecule has 0 spiro atoms. The average Bonchev–Trinajstić information content (AvgIpc) is 3.98. The summed E-state index contributed by atoms with van der Waals surface area (Å²) in [7, 11) is 2.93. The Kier molecular flexibility index (Phi) is 12.5. The first kappa shape index (κ1) is 42.3. The largest absolute Gasteiger partial charge is 0.497 e. The Labute approximate surface area is 358 Å². The molecule has 2 amide bonds. The highest BCUT2D eigenvalue weighted by Crippen LogP contribution is 2.46. The molecule has 2 atom stereocenters. The van der Waals surface area contributed by atoms with Gasteiger partial charge in [0.1, 0.15) is 47.8 Å². The Balaban J connectivity index is 1.13. The summed E-state index contributed by atoms with van der Waals surface area (Å²) >= 11 is 4.38. The van der Waals surface area contributed by atoms with E-state index in [1.807, 2.05) is 65.7 Å². The normalized spacial score (nSPS) is 17.0. The summed E-state index contributed by atoms with van der Waals surface area (Å²) in [6.07, 6.45) is 3.05. The number of benzene rings is 1. The molecule has 18 heteroatoms. The number of amidine groups is 1. The van der Waals surface area contributed by atoms with E-state index < -0.39 is 29.0 Å². The predicted octanol–water partition coefficient (Wildman–Crippen LogP) is 5.99. The second-order valence-corrected chi connectivity index (χ2v) is 18.2. The Morgan fingerprint density at radius 1 is 1.07 bits per heavy atom. The van der Waals surface area contributed by atoms with E-state index in [2.05, 4.69) is 19.7 Å². The van der Waals surface area contributed by atoms with Gasteiger partial charge in [-0.05, 0) is 57.5 Å². The molecule has 60 heavy (non-hydrogen) atoms. The fourth-order valence-electron chi connectivity index (χ4n) is 6.88. The number of hydrogen-bond donors (Lipinski definition) is 1.